The molecule has 0 spiro atoms. The monoisotopic (exact) mass is 367 g/mol. The number of benzene rings is 1. The van der Waals surface area contributed by atoms with Gasteiger partial charge in [-0.15, -0.1) is 0 Å². The fourth-order valence-corrected chi connectivity index (χ4v) is 5.86. The number of carboxylic acids is 1. The van der Waals surface area contributed by atoms with Crippen LogP contribution in [0, 0.1) is 18.3 Å². The molecule has 1 saturated carbocycles. The van der Waals surface area contributed by atoms with E-state index >= 15 is 0 Å². The predicted molar refractivity (Wildman–Crippen MR) is 88.7 cm³/mol. The number of aryl methyl sites for hydroxylation is 1. The number of carbonyl (C=O) groups is 2. The van der Waals surface area contributed by atoms with Crippen LogP contribution in [0.3, 0.4) is 0 Å². The number of sulfonamides is 1. The lowest BCUT2D eigenvalue weighted by atomic mass is 9.81. The predicted octanol–water partition coefficient (Wildman–Crippen LogP) is 1.66. The fourth-order valence-electron chi connectivity index (χ4n) is 4.10. The van der Waals surface area contributed by atoms with Gasteiger partial charge >= 0.3 is 11.9 Å². The van der Waals surface area contributed by atoms with E-state index in [9.17, 15) is 23.1 Å². The number of rotatable bonds is 4. The summed E-state index contributed by atoms with van der Waals surface area (Å²) >= 11 is 0. The first-order valence-corrected chi connectivity index (χ1v) is 9.59. The van der Waals surface area contributed by atoms with Crippen LogP contribution in [0.5, 0.6) is 0 Å². The van der Waals surface area contributed by atoms with Crippen LogP contribution in [0.1, 0.15) is 35.2 Å². The Labute approximate surface area is 146 Å². The molecule has 0 amide bonds. The largest absolute Gasteiger partial charge is 0.481 e. The first kappa shape index (κ1) is 17.9. The van der Waals surface area contributed by atoms with Crippen LogP contribution in [0.15, 0.2) is 23.1 Å². The topological polar surface area (TPSA) is 101 Å². The Morgan fingerprint density at radius 3 is 2.64 bits per heavy atom. The highest BCUT2D eigenvalue weighted by atomic mass is 32.2. The van der Waals surface area contributed by atoms with Gasteiger partial charge in [0.25, 0.3) is 0 Å². The normalized spacial score (nSPS) is 26.4. The molecule has 1 heterocycles. The number of carboxylic acid groups (broad SMARTS) is 1. The van der Waals surface area contributed by atoms with Crippen molar-refractivity contribution in [3.63, 3.8) is 0 Å². The average Bonchev–Trinajstić information content (AvgIpc) is 3.12. The van der Waals surface area contributed by atoms with Gasteiger partial charge in [-0.3, -0.25) is 4.79 Å². The third kappa shape index (κ3) is 2.73. The number of carbonyl (C=O) groups excluding carboxylic acids is 1. The number of fused-ring (bicyclic) bond motifs is 1. The summed E-state index contributed by atoms with van der Waals surface area (Å²) in [7, 11) is -2.55. The molecule has 25 heavy (non-hydrogen) atoms. The van der Waals surface area contributed by atoms with Gasteiger partial charge in [0.2, 0.25) is 10.0 Å². The SMILES string of the molecule is COC(=O)c1ccc(S(=O)(=O)N2C[C@@H]3CCC[C@@]3(C(=O)O)C2)c(C)c1. The molecule has 0 aromatic heterocycles. The second kappa shape index (κ2) is 6.10. The molecule has 2 atom stereocenters. The van der Waals surface area contributed by atoms with Gasteiger partial charge in [0.1, 0.15) is 0 Å². The van der Waals surface area contributed by atoms with Gasteiger partial charge in [0.05, 0.1) is 23.0 Å². The highest BCUT2D eigenvalue weighted by Crippen LogP contribution is 2.50. The molecular formula is C17H21NO6S. The Kier molecular flexibility index (Phi) is 4.36. The Hall–Kier alpha value is -1.93. The number of hydrogen-bond donors (Lipinski definition) is 1. The summed E-state index contributed by atoms with van der Waals surface area (Å²) in [5.41, 5.74) is -0.254. The molecule has 3 rings (SSSR count). The van der Waals surface area contributed by atoms with E-state index in [4.69, 9.17) is 0 Å². The van der Waals surface area contributed by atoms with Crippen LogP contribution in [0.25, 0.3) is 0 Å². The quantitative estimate of drug-likeness (QED) is 0.812. The van der Waals surface area contributed by atoms with Crippen molar-refractivity contribution in [2.45, 2.75) is 31.1 Å². The highest BCUT2D eigenvalue weighted by Gasteiger charge is 2.57. The molecule has 0 radical (unpaired) electrons. The fraction of sp³-hybridized carbons (Fsp3) is 0.529. The van der Waals surface area contributed by atoms with Crippen molar-refractivity contribution in [3.8, 4) is 0 Å². The van der Waals surface area contributed by atoms with Gasteiger partial charge in [-0.05, 0) is 49.4 Å². The van der Waals surface area contributed by atoms with Crippen molar-refractivity contribution in [1.82, 2.24) is 4.31 Å². The zero-order chi connectivity index (χ0) is 18.4. The minimum atomic E-state index is -3.81. The number of nitrogens with zero attached hydrogens (tertiary/aromatic N) is 1. The summed E-state index contributed by atoms with van der Waals surface area (Å²) in [6.07, 6.45) is 2.07. The second-order valence-electron chi connectivity index (χ2n) is 6.82. The average molecular weight is 367 g/mol. The van der Waals surface area contributed by atoms with E-state index in [0.29, 0.717) is 12.0 Å². The summed E-state index contributed by atoms with van der Waals surface area (Å²) in [5.74, 6) is -1.59. The van der Waals surface area contributed by atoms with Gasteiger partial charge < -0.3 is 9.84 Å². The molecule has 0 unspecified atom stereocenters. The molecule has 1 N–H and O–H groups in total. The zero-order valence-corrected chi connectivity index (χ0v) is 15.0. The van der Waals surface area contributed by atoms with Crippen molar-refractivity contribution in [2.24, 2.45) is 11.3 Å². The van der Waals surface area contributed by atoms with Crippen LogP contribution in [0.2, 0.25) is 0 Å². The molecule has 8 heteroatoms. The number of hydrogen-bond acceptors (Lipinski definition) is 5. The number of esters is 1. The second-order valence-corrected chi connectivity index (χ2v) is 8.73. The molecule has 1 aliphatic carbocycles. The molecule has 0 bridgehead atoms. The molecule has 2 fully saturated rings. The summed E-state index contributed by atoms with van der Waals surface area (Å²) in [5, 5.41) is 9.63. The number of aliphatic carboxylic acids is 1. The molecule has 1 saturated heterocycles. The molecule has 1 aliphatic heterocycles. The van der Waals surface area contributed by atoms with Crippen LogP contribution in [-0.4, -0.2) is 50.0 Å². The minimum absolute atomic E-state index is 0.00747. The molecule has 7 nitrogen and oxygen atoms in total. The Morgan fingerprint density at radius 2 is 2.08 bits per heavy atom. The van der Waals surface area contributed by atoms with E-state index in [-0.39, 0.29) is 29.5 Å². The van der Waals surface area contributed by atoms with Crippen LogP contribution >= 0.6 is 0 Å². The Bertz CT molecular complexity index is 834. The van der Waals surface area contributed by atoms with Crippen LogP contribution < -0.4 is 0 Å². The van der Waals surface area contributed by atoms with E-state index in [1.54, 1.807) is 6.92 Å². The van der Waals surface area contributed by atoms with Gasteiger partial charge in [-0.2, -0.15) is 4.31 Å². The maximum atomic E-state index is 13.0. The third-order valence-corrected chi connectivity index (χ3v) is 7.45. The summed E-state index contributed by atoms with van der Waals surface area (Å²) in [4.78, 5) is 23.4. The van der Waals surface area contributed by atoms with E-state index in [2.05, 4.69) is 4.74 Å². The molecular weight excluding hydrogens is 346 g/mol. The number of methoxy groups -OCH3 is 1. The lowest BCUT2D eigenvalue weighted by Crippen LogP contribution is -2.37. The van der Waals surface area contributed by atoms with Gasteiger partial charge in [-0.1, -0.05) is 6.42 Å². The maximum absolute atomic E-state index is 13.0. The van der Waals surface area contributed by atoms with E-state index in [1.807, 2.05) is 0 Å². The molecule has 1 aromatic rings. The van der Waals surface area contributed by atoms with Gasteiger partial charge in [-0.25, -0.2) is 13.2 Å². The smallest absolute Gasteiger partial charge is 0.337 e. The van der Waals surface area contributed by atoms with E-state index in [0.717, 1.165) is 12.8 Å². The minimum Gasteiger partial charge on any atom is -0.481 e. The van der Waals surface area contributed by atoms with E-state index < -0.39 is 27.4 Å². The third-order valence-electron chi connectivity index (χ3n) is 5.48. The first-order chi connectivity index (χ1) is 11.7. The lowest BCUT2D eigenvalue weighted by Gasteiger charge is -2.23. The van der Waals surface area contributed by atoms with Crippen molar-refractivity contribution in [3.05, 3.63) is 29.3 Å². The lowest BCUT2D eigenvalue weighted by molar-refractivity contribution is -0.149. The van der Waals surface area contributed by atoms with Gasteiger partial charge in [0.15, 0.2) is 0 Å². The van der Waals surface area contributed by atoms with Crippen molar-refractivity contribution >= 4 is 22.0 Å². The maximum Gasteiger partial charge on any atom is 0.337 e. The Morgan fingerprint density at radius 1 is 1.36 bits per heavy atom. The Balaban J connectivity index is 1.93. The molecule has 136 valence electrons. The van der Waals surface area contributed by atoms with Crippen LogP contribution in [0.4, 0.5) is 0 Å². The standard InChI is InChI=1S/C17H21NO6S/c1-11-8-12(15(19)24-2)5-6-14(11)25(22,23)18-9-13-4-3-7-17(13,10-18)16(20)21/h5-6,8,13H,3-4,7,9-10H2,1-2H3,(H,20,21)/t13-,17+/m0/s1. The van der Waals surface area contributed by atoms with Gasteiger partial charge in [0, 0.05) is 13.1 Å². The summed E-state index contributed by atoms with van der Waals surface area (Å²) in [6, 6.07) is 4.27. The molecule has 2 aliphatic rings. The first-order valence-electron chi connectivity index (χ1n) is 8.15. The molecule has 1 aromatic carbocycles. The van der Waals surface area contributed by atoms with E-state index in [1.165, 1.54) is 29.6 Å². The van der Waals surface area contributed by atoms with Crippen molar-refractivity contribution in [1.29, 1.82) is 0 Å². The summed E-state index contributed by atoms with van der Waals surface area (Å²) < 4.78 is 32.0. The highest BCUT2D eigenvalue weighted by molar-refractivity contribution is 7.89. The van der Waals surface area contributed by atoms with Crippen molar-refractivity contribution < 1.29 is 27.9 Å². The van der Waals surface area contributed by atoms with Crippen molar-refractivity contribution in [2.75, 3.05) is 20.2 Å². The zero-order valence-electron chi connectivity index (χ0n) is 14.2. The summed E-state index contributed by atoms with van der Waals surface area (Å²) in [6.45, 7) is 1.85. The number of ether oxygens (including phenoxy) is 1. The van der Waals surface area contributed by atoms with Crippen LogP contribution in [-0.2, 0) is 19.6 Å².